The van der Waals surface area contributed by atoms with Crippen molar-refractivity contribution >= 4 is 39.0 Å². The van der Waals surface area contributed by atoms with E-state index in [1.165, 1.54) is 0 Å². The Labute approximate surface area is 206 Å². The number of ether oxygens (including phenoxy) is 2. The van der Waals surface area contributed by atoms with Crippen molar-refractivity contribution in [3.8, 4) is 17.4 Å². The zero-order valence-corrected chi connectivity index (χ0v) is 19.7. The first-order chi connectivity index (χ1) is 17.5. The molecule has 0 unspecified atom stereocenters. The third-order valence-corrected chi connectivity index (χ3v) is 6.12. The normalized spacial score (nSPS) is 10.9. The van der Waals surface area contributed by atoms with Gasteiger partial charge in [0.05, 0.1) is 26.3 Å². The van der Waals surface area contributed by atoms with Crippen molar-refractivity contribution in [3.63, 3.8) is 0 Å². The second-order valence-electron chi connectivity index (χ2n) is 8.32. The van der Waals surface area contributed by atoms with Gasteiger partial charge in [-0.05, 0) is 64.0 Å². The van der Waals surface area contributed by atoms with E-state index in [4.69, 9.17) is 9.47 Å². The molecule has 5 rings (SSSR count). The molecular formula is C28H23N3O5. The minimum Gasteiger partial charge on any atom is -0.497 e. The van der Waals surface area contributed by atoms with Gasteiger partial charge in [0.15, 0.2) is 5.69 Å². The molecule has 0 aliphatic heterocycles. The number of anilines is 1. The molecule has 0 saturated carbocycles. The summed E-state index contributed by atoms with van der Waals surface area (Å²) in [6.45, 7) is 0.244. The van der Waals surface area contributed by atoms with E-state index < -0.39 is 0 Å². The summed E-state index contributed by atoms with van der Waals surface area (Å²) < 4.78 is 12.2. The summed E-state index contributed by atoms with van der Waals surface area (Å²) in [5.74, 6) is 0.660. The van der Waals surface area contributed by atoms with Crippen molar-refractivity contribution in [1.82, 2.24) is 4.57 Å². The average Bonchev–Trinajstić information content (AvgIpc) is 3.17. The van der Waals surface area contributed by atoms with E-state index in [0.29, 0.717) is 33.7 Å². The smallest absolute Gasteiger partial charge is 0.255 e. The van der Waals surface area contributed by atoms with Gasteiger partial charge in [0.25, 0.3) is 5.91 Å². The lowest BCUT2D eigenvalue weighted by Crippen LogP contribution is -2.11. The van der Waals surface area contributed by atoms with E-state index >= 15 is 0 Å². The van der Waals surface area contributed by atoms with Crippen molar-refractivity contribution in [2.24, 2.45) is 5.18 Å². The van der Waals surface area contributed by atoms with Crippen LogP contribution in [0.4, 0.5) is 11.4 Å². The molecule has 4 aromatic carbocycles. The van der Waals surface area contributed by atoms with Gasteiger partial charge in [0, 0.05) is 22.7 Å². The monoisotopic (exact) mass is 481 g/mol. The summed E-state index contributed by atoms with van der Waals surface area (Å²) in [7, 11) is 3.12. The maximum Gasteiger partial charge on any atom is 0.255 e. The second kappa shape index (κ2) is 9.42. The molecule has 2 N–H and O–H groups in total. The molecule has 0 saturated heterocycles. The number of carbonyl (C=O) groups excluding carboxylic acids is 1. The predicted molar refractivity (Wildman–Crippen MR) is 140 cm³/mol. The van der Waals surface area contributed by atoms with E-state index in [2.05, 4.69) is 10.5 Å². The van der Waals surface area contributed by atoms with Crippen LogP contribution in [0.25, 0.3) is 21.7 Å². The Kier molecular flexibility index (Phi) is 6.00. The maximum absolute atomic E-state index is 12.9. The second-order valence-corrected chi connectivity index (χ2v) is 8.32. The largest absolute Gasteiger partial charge is 0.497 e. The first-order valence-corrected chi connectivity index (χ1v) is 11.2. The van der Waals surface area contributed by atoms with Crippen LogP contribution in [0.1, 0.15) is 15.9 Å². The molecule has 0 atom stereocenters. The predicted octanol–water partition coefficient (Wildman–Crippen LogP) is 6.22. The lowest BCUT2D eigenvalue weighted by Gasteiger charge is -2.11. The molecule has 5 aromatic rings. The van der Waals surface area contributed by atoms with Crippen LogP contribution in [-0.2, 0) is 6.54 Å². The van der Waals surface area contributed by atoms with Gasteiger partial charge in [-0.1, -0.05) is 30.3 Å². The molecule has 8 heteroatoms. The Hall–Kier alpha value is -4.85. The number of fused-ring (bicyclic) bond motifs is 2. The average molecular weight is 482 g/mol. The van der Waals surface area contributed by atoms with Gasteiger partial charge in [0.1, 0.15) is 11.5 Å². The summed E-state index contributed by atoms with van der Waals surface area (Å²) >= 11 is 0. The minimum atomic E-state index is -0.284. The Bertz CT molecular complexity index is 1600. The Morgan fingerprint density at radius 1 is 0.917 bits per heavy atom. The van der Waals surface area contributed by atoms with Gasteiger partial charge >= 0.3 is 0 Å². The van der Waals surface area contributed by atoms with Gasteiger partial charge in [-0.3, -0.25) is 4.79 Å². The first-order valence-electron chi connectivity index (χ1n) is 11.2. The lowest BCUT2D eigenvalue weighted by molar-refractivity contribution is 0.102. The molecule has 1 aromatic heterocycles. The Balaban J connectivity index is 1.48. The summed E-state index contributed by atoms with van der Waals surface area (Å²) in [6, 6.07) is 23.8. The zero-order valence-electron chi connectivity index (χ0n) is 19.7. The highest BCUT2D eigenvalue weighted by atomic mass is 16.5. The van der Waals surface area contributed by atoms with Crippen molar-refractivity contribution in [1.29, 1.82) is 0 Å². The number of hydrogen-bond acceptors (Lipinski definition) is 6. The third-order valence-electron chi connectivity index (χ3n) is 6.12. The van der Waals surface area contributed by atoms with Crippen LogP contribution in [0.15, 0.2) is 84.0 Å². The minimum absolute atomic E-state index is 0.0957. The number of benzene rings is 4. The number of nitrogens with zero attached hydrogens (tertiary/aromatic N) is 2. The van der Waals surface area contributed by atoms with Crippen LogP contribution in [0, 0.1) is 4.91 Å². The molecule has 0 aliphatic carbocycles. The molecule has 36 heavy (non-hydrogen) atoms. The lowest BCUT2D eigenvalue weighted by atomic mass is 10.1. The summed E-state index contributed by atoms with van der Waals surface area (Å²) in [4.78, 5) is 24.5. The van der Waals surface area contributed by atoms with Gasteiger partial charge < -0.3 is 24.5 Å². The molecule has 180 valence electrons. The van der Waals surface area contributed by atoms with Crippen molar-refractivity contribution in [2.45, 2.75) is 6.54 Å². The van der Waals surface area contributed by atoms with Crippen molar-refractivity contribution in [3.05, 3.63) is 94.9 Å². The van der Waals surface area contributed by atoms with Crippen LogP contribution in [0.2, 0.25) is 0 Å². The Morgan fingerprint density at radius 2 is 1.64 bits per heavy atom. The van der Waals surface area contributed by atoms with E-state index in [1.807, 2.05) is 48.5 Å². The highest BCUT2D eigenvalue weighted by Gasteiger charge is 2.19. The molecule has 0 aliphatic rings. The number of nitroso groups, excluding NO2 is 1. The fraction of sp³-hybridized carbons (Fsp3) is 0.107. The molecular weight excluding hydrogens is 458 g/mol. The molecule has 0 bridgehead atoms. The van der Waals surface area contributed by atoms with Crippen LogP contribution in [0.5, 0.6) is 17.4 Å². The number of rotatable bonds is 7. The first kappa shape index (κ1) is 22.9. The highest BCUT2D eigenvalue weighted by molar-refractivity contribution is 6.08. The topological polar surface area (TPSA) is 102 Å². The number of aromatic nitrogens is 1. The summed E-state index contributed by atoms with van der Waals surface area (Å²) in [5, 5.41) is 19.2. The molecule has 0 fully saturated rings. The SMILES string of the molecule is COc1cc(Cn2c(O)c(N=O)c3cc(NC(=O)c4ccc5ccccc5c4)ccc32)cc(OC)c1. The van der Waals surface area contributed by atoms with Crippen molar-refractivity contribution in [2.75, 3.05) is 19.5 Å². The van der Waals surface area contributed by atoms with Gasteiger partial charge in [-0.2, -0.15) is 0 Å². The number of methoxy groups -OCH3 is 2. The van der Waals surface area contributed by atoms with Gasteiger partial charge in [-0.15, -0.1) is 4.91 Å². The summed E-state index contributed by atoms with van der Waals surface area (Å²) in [5.41, 5.74) is 2.28. The number of hydrogen-bond donors (Lipinski definition) is 2. The highest BCUT2D eigenvalue weighted by Crippen LogP contribution is 2.40. The van der Waals surface area contributed by atoms with E-state index in [9.17, 15) is 14.8 Å². The molecule has 0 radical (unpaired) electrons. The number of aromatic hydroxyl groups is 1. The summed E-state index contributed by atoms with van der Waals surface area (Å²) in [6.07, 6.45) is 0. The fourth-order valence-corrected chi connectivity index (χ4v) is 4.33. The zero-order chi connectivity index (χ0) is 25.2. The molecule has 1 amide bonds. The van der Waals surface area contributed by atoms with E-state index in [1.54, 1.807) is 49.1 Å². The number of carbonyl (C=O) groups is 1. The van der Waals surface area contributed by atoms with Crippen LogP contribution in [0.3, 0.4) is 0 Å². The maximum atomic E-state index is 12.9. The molecule has 1 heterocycles. The molecule has 8 nitrogen and oxygen atoms in total. The van der Waals surface area contributed by atoms with Crippen LogP contribution >= 0.6 is 0 Å². The standard InChI is InChI=1S/C28H23N3O5/c1-35-22-11-17(12-23(15-22)36-2)16-31-25-10-9-21(14-24(25)26(30-34)28(31)33)29-27(32)20-8-7-18-5-3-4-6-19(18)13-20/h3-15,33H,16H2,1-2H3,(H,29,32). The third kappa shape index (κ3) is 4.20. The Morgan fingerprint density at radius 3 is 2.33 bits per heavy atom. The van der Waals surface area contributed by atoms with E-state index in [0.717, 1.165) is 16.3 Å². The van der Waals surface area contributed by atoms with Gasteiger partial charge in [-0.25, -0.2) is 0 Å². The quantitative estimate of drug-likeness (QED) is 0.269. The molecule has 0 spiro atoms. The van der Waals surface area contributed by atoms with Gasteiger partial charge in [0.2, 0.25) is 5.88 Å². The number of nitrogens with one attached hydrogen (secondary N) is 1. The van der Waals surface area contributed by atoms with Crippen LogP contribution < -0.4 is 14.8 Å². The van der Waals surface area contributed by atoms with E-state index in [-0.39, 0.29) is 24.0 Å². The number of amides is 1. The fourth-order valence-electron chi connectivity index (χ4n) is 4.33. The van der Waals surface area contributed by atoms with Crippen molar-refractivity contribution < 1.29 is 19.4 Å². The van der Waals surface area contributed by atoms with Crippen LogP contribution in [-0.4, -0.2) is 29.8 Å².